The van der Waals surface area contributed by atoms with Crippen LogP contribution in [-0.2, 0) is 9.84 Å². The number of nitrogens with two attached hydrogens (primary N) is 1. The van der Waals surface area contributed by atoms with E-state index in [1.165, 1.54) is 6.26 Å². The summed E-state index contributed by atoms with van der Waals surface area (Å²) in [7, 11) is -2.85. The van der Waals surface area contributed by atoms with Crippen LogP contribution in [0.25, 0.3) is 0 Å². The van der Waals surface area contributed by atoms with Crippen LogP contribution < -0.4 is 11.3 Å². The predicted molar refractivity (Wildman–Crippen MR) is 72.5 cm³/mol. The minimum atomic E-state index is -2.85. The van der Waals surface area contributed by atoms with Crippen molar-refractivity contribution in [1.29, 1.82) is 0 Å². The van der Waals surface area contributed by atoms with Gasteiger partial charge in [-0.25, -0.2) is 8.42 Å². The Morgan fingerprint density at radius 3 is 2.24 bits per heavy atom. The molecule has 5 nitrogen and oxygen atoms in total. The zero-order valence-electron chi connectivity index (χ0n) is 11.3. The Hall–Kier alpha value is -0.170. The van der Waals surface area contributed by atoms with Crippen LogP contribution in [0.15, 0.2) is 0 Å². The molecule has 0 rings (SSSR count). The average molecular weight is 265 g/mol. The Labute approximate surface area is 106 Å². The molecule has 3 N–H and O–H groups in total. The maximum absolute atomic E-state index is 11.0. The summed E-state index contributed by atoms with van der Waals surface area (Å²) in [6, 6.07) is 0.206. The minimum Gasteiger partial charge on any atom is -0.304 e. The van der Waals surface area contributed by atoms with Crippen molar-refractivity contribution < 1.29 is 8.42 Å². The summed E-state index contributed by atoms with van der Waals surface area (Å²) in [6.07, 6.45) is 3.71. The lowest BCUT2D eigenvalue weighted by Crippen LogP contribution is -2.38. The summed E-state index contributed by atoms with van der Waals surface area (Å²) in [6.45, 7) is 7.35. The second-order valence-corrected chi connectivity index (χ2v) is 6.71. The largest absolute Gasteiger partial charge is 0.304 e. The van der Waals surface area contributed by atoms with Crippen molar-refractivity contribution in [2.75, 3.05) is 31.6 Å². The summed E-state index contributed by atoms with van der Waals surface area (Å²) in [5.74, 6) is 5.72. The van der Waals surface area contributed by atoms with Crippen LogP contribution in [0.1, 0.15) is 33.1 Å². The number of rotatable bonds is 10. The number of hydrogen-bond donors (Lipinski definition) is 2. The van der Waals surface area contributed by atoms with E-state index in [0.29, 0.717) is 6.42 Å². The van der Waals surface area contributed by atoms with E-state index in [1.54, 1.807) is 0 Å². The van der Waals surface area contributed by atoms with Gasteiger partial charge in [0.25, 0.3) is 0 Å². The van der Waals surface area contributed by atoms with Crippen LogP contribution in [0.4, 0.5) is 0 Å². The van der Waals surface area contributed by atoms with Crippen molar-refractivity contribution in [3.63, 3.8) is 0 Å². The maximum Gasteiger partial charge on any atom is 0.147 e. The molecule has 0 saturated heterocycles. The lowest BCUT2D eigenvalue weighted by Gasteiger charge is -2.22. The van der Waals surface area contributed by atoms with E-state index in [-0.39, 0.29) is 11.8 Å². The number of nitrogens with one attached hydrogen (secondary N) is 1. The molecule has 0 aliphatic carbocycles. The van der Waals surface area contributed by atoms with E-state index >= 15 is 0 Å². The Kier molecular flexibility index (Phi) is 8.77. The average Bonchev–Trinajstić information content (AvgIpc) is 2.26. The molecule has 0 amide bonds. The fourth-order valence-corrected chi connectivity index (χ4v) is 2.47. The monoisotopic (exact) mass is 265 g/mol. The van der Waals surface area contributed by atoms with Crippen molar-refractivity contribution in [1.82, 2.24) is 10.3 Å². The third kappa shape index (κ3) is 9.52. The highest BCUT2D eigenvalue weighted by Crippen LogP contribution is 2.04. The van der Waals surface area contributed by atoms with E-state index in [1.807, 2.05) is 0 Å². The SMILES string of the molecule is CCN(CC)CCC(CCCS(C)(=O)=O)NN. The maximum atomic E-state index is 11.0. The smallest absolute Gasteiger partial charge is 0.147 e. The number of nitrogens with zero attached hydrogens (tertiary/aromatic N) is 1. The molecule has 0 spiro atoms. The van der Waals surface area contributed by atoms with Crippen LogP contribution in [0.5, 0.6) is 0 Å². The van der Waals surface area contributed by atoms with Gasteiger partial charge < -0.3 is 4.90 Å². The zero-order chi connectivity index (χ0) is 13.3. The van der Waals surface area contributed by atoms with E-state index in [0.717, 1.165) is 32.5 Å². The van der Waals surface area contributed by atoms with Crippen molar-refractivity contribution in [2.24, 2.45) is 5.84 Å². The Morgan fingerprint density at radius 2 is 1.82 bits per heavy atom. The summed E-state index contributed by atoms with van der Waals surface area (Å²) in [5, 5.41) is 0. The molecule has 0 saturated carbocycles. The van der Waals surface area contributed by atoms with Crippen LogP contribution >= 0.6 is 0 Å². The lowest BCUT2D eigenvalue weighted by atomic mass is 10.1. The van der Waals surface area contributed by atoms with E-state index in [9.17, 15) is 8.42 Å². The van der Waals surface area contributed by atoms with Crippen LogP contribution in [0.2, 0.25) is 0 Å². The molecule has 17 heavy (non-hydrogen) atoms. The van der Waals surface area contributed by atoms with Crippen LogP contribution in [-0.4, -0.2) is 51.0 Å². The van der Waals surface area contributed by atoms with Gasteiger partial charge in [-0.1, -0.05) is 13.8 Å². The molecule has 104 valence electrons. The fourth-order valence-electron chi connectivity index (χ4n) is 1.78. The van der Waals surface area contributed by atoms with E-state index in [4.69, 9.17) is 5.84 Å². The Balaban J connectivity index is 3.84. The first-order valence-electron chi connectivity index (χ1n) is 6.29. The molecular formula is C11H27N3O2S. The highest BCUT2D eigenvalue weighted by Gasteiger charge is 2.10. The Morgan fingerprint density at radius 1 is 1.24 bits per heavy atom. The highest BCUT2D eigenvalue weighted by atomic mass is 32.2. The topological polar surface area (TPSA) is 75.4 Å². The molecule has 0 heterocycles. The standard InChI is InChI=1S/C11H27N3O2S/c1-4-14(5-2)9-8-11(13-12)7-6-10-17(3,15)16/h11,13H,4-10,12H2,1-3H3. The van der Waals surface area contributed by atoms with E-state index < -0.39 is 9.84 Å². The molecule has 1 unspecified atom stereocenters. The third-order valence-electron chi connectivity index (χ3n) is 2.99. The molecule has 0 aromatic rings. The molecule has 0 aromatic carbocycles. The van der Waals surface area contributed by atoms with Gasteiger partial charge in [-0.05, 0) is 38.9 Å². The molecule has 0 fully saturated rings. The summed E-state index contributed by atoms with van der Waals surface area (Å²) < 4.78 is 22.0. The first-order valence-corrected chi connectivity index (χ1v) is 8.35. The minimum absolute atomic E-state index is 0.206. The molecule has 1 atom stereocenters. The third-order valence-corrected chi connectivity index (χ3v) is 4.02. The van der Waals surface area contributed by atoms with Gasteiger partial charge in [0.15, 0.2) is 0 Å². The van der Waals surface area contributed by atoms with Gasteiger partial charge in [-0.3, -0.25) is 11.3 Å². The van der Waals surface area contributed by atoms with Gasteiger partial charge in [0.05, 0.1) is 0 Å². The van der Waals surface area contributed by atoms with Crippen LogP contribution in [0, 0.1) is 0 Å². The van der Waals surface area contributed by atoms with E-state index in [2.05, 4.69) is 24.2 Å². The van der Waals surface area contributed by atoms with Gasteiger partial charge in [0.2, 0.25) is 0 Å². The first-order chi connectivity index (χ1) is 7.92. The van der Waals surface area contributed by atoms with Gasteiger partial charge >= 0.3 is 0 Å². The first kappa shape index (κ1) is 16.8. The van der Waals surface area contributed by atoms with Gasteiger partial charge in [-0.15, -0.1) is 0 Å². The number of hydrazine groups is 1. The zero-order valence-corrected chi connectivity index (χ0v) is 12.1. The Bertz CT molecular complexity index is 276. The normalized spacial score (nSPS) is 14.2. The fraction of sp³-hybridized carbons (Fsp3) is 1.00. The summed E-state index contributed by atoms with van der Waals surface area (Å²) >= 11 is 0. The molecule has 6 heteroatoms. The second-order valence-electron chi connectivity index (χ2n) is 4.45. The summed E-state index contributed by atoms with van der Waals surface area (Å²) in [5.41, 5.74) is 2.77. The number of hydrogen-bond acceptors (Lipinski definition) is 5. The van der Waals surface area contributed by atoms with Crippen molar-refractivity contribution in [2.45, 2.75) is 39.2 Å². The summed E-state index contributed by atoms with van der Waals surface area (Å²) in [4.78, 5) is 2.33. The molecule has 0 bridgehead atoms. The van der Waals surface area contributed by atoms with Crippen molar-refractivity contribution in [3.8, 4) is 0 Å². The van der Waals surface area contributed by atoms with Gasteiger partial charge in [-0.2, -0.15) is 0 Å². The predicted octanol–water partition coefficient (Wildman–Crippen LogP) is 0.375. The molecule has 0 aliphatic heterocycles. The highest BCUT2D eigenvalue weighted by molar-refractivity contribution is 7.90. The van der Waals surface area contributed by atoms with Crippen LogP contribution in [0.3, 0.4) is 0 Å². The molecule has 0 aromatic heterocycles. The quantitative estimate of drug-likeness (QED) is 0.441. The molecule has 0 aliphatic rings. The van der Waals surface area contributed by atoms with Gasteiger partial charge in [0.1, 0.15) is 9.84 Å². The van der Waals surface area contributed by atoms with Crippen molar-refractivity contribution in [3.05, 3.63) is 0 Å². The second kappa shape index (κ2) is 8.85. The lowest BCUT2D eigenvalue weighted by molar-refractivity contribution is 0.277. The molecular weight excluding hydrogens is 238 g/mol. The molecule has 0 radical (unpaired) electrons. The number of sulfone groups is 1. The van der Waals surface area contributed by atoms with Gasteiger partial charge in [0, 0.05) is 18.1 Å². The van der Waals surface area contributed by atoms with Crippen molar-refractivity contribution >= 4 is 9.84 Å².